The standard InChI is InChI=1S/C24H25F5N6O2/c1-14-9-23(25,26)13-35(18(14)11-31-19-8-7-15(10-30-19)24(27,28)29)22(36)21-16(12-34(2)33-21)17-5-4-6-20(32-17)37-3/h4-8,10,12,14,18H,9,11,13H2,1-3H3,(H,30,31)/t14-,18-/m1/s1. The summed E-state index contributed by atoms with van der Waals surface area (Å²) in [5, 5.41) is 7.12. The molecule has 1 saturated heterocycles. The quantitative estimate of drug-likeness (QED) is 0.478. The normalized spacial score (nSPS) is 19.5. The number of halogens is 5. The van der Waals surface area contributed by atoms with Gasteiger partial charge in [-0.05, 0) is 24.1 Å². The van der Waals surface area contributed by atoms with E-state index in [-0.39, 0.29) is 18.1 Å². The number of anilines is 1. The minimum absolute atomic E-state index is 0.000921. The number of ether oxygens (including phenoxy) is 1. The summed E-state index contributed by atoms with van der Waals surface area (Å²) in [7, 11) is 3.05. The number of nitrogens with one attached hydrogen (secondary N) is 1. The number of amides is 1. The zero-order valence-electron chi connectivity index (χ0n) is 20.3. The van der Waals surface area contributed by atoms with Crippen molar-refractivity contribution < 1.29 is 31.5 Å². The number of piperidine rings is 1. The predicted molar refractivity (Wildman–Crippen MR) is 124 cm³/mol. The number of likely N-dealkylation sites (tertiary alicyclic amines) is 1. The Morgan fingerprint density at radius 2 is 2.00 bits per heavy atom. The van der Waals surface area contributed by atoms with Crippen molar-refractivity contribution in [1.82, 2.24) is 24.6 Å². The molecule has 1 N–H and O–H groups in total. The Morgan fingerprint density at radius 1 is 1.24 bits per heavy atom. The summed E-state index contributed by atoms with van der Waals surface area (Å²) in [6.45, 7) is 0.772. The number of alkyl halides is 5. The second-order valence-electron chi connectivity index (χ2n) is 8.98. The molecule has 4 heterocycles. The van der Waals surface area contributed by atoms with Crippen molar-refractivity contribution in [1.29, 1.82) is 0 Å². The zero-order chi connectivity index (χ0) is 27.0. The monoisotopic (exact) mass is 524 g/mol. The van der Waals surface area contributed by atoms with Crippen LogP contribution in [0.2, 0.25) is 0 Å². The summed E-state index contributed by atoms with van der Waals surface area (Å²) in [6.07, 6.45) is -2.72. The largest absolute Gasteiger partial charge is 0.481 e. The lowest BCUT2D eigenvalue weighted by Gasteiger charge is -2.43. The SMILES string of the molecule is COc1cccc(-c2cn(C)nc2C(=O)N2CC(F)(F)C[C@@H](C)[C@H]2CNc2ccc(C(F)(F)F)cn2)n1. The van der Waals surface area contributed by atoms with Crippen LogP contribution in [0.5, 0.6) is 5.88 Å². The van der Waals surface area contributed by atoms with Gasteiger partial charge in [-0.25, -0.2) is 18.7 Å². The number of hydrogen-bond acceptors (Lipinski definition) is 6. The first-order valence-corrected chi connectivity index (χ1v) is 11.4. The van der Waals surface area contributed by atoms with Gasteiger partial charge in [-0.1, -0.05) is 13.0 Å². The molecule has 8 nitrogen and oxygen atoms in total. The predicted octanol–water partition coefficient (Wildman–Crippen LogP) is 4.50. The Balaban J connectivity index is 1.62. The van der Waals surface area contributed by atoms with Gasteiger partial charge >= 0.3 is 6.18 Å². The van der Waals surface area contributed by atoms with E-state index >= 15 is 0 Å². The smallest absolute Gasteiger partial charge is 0.417 e. The lowest BCUT2D eigenvalue weighted by atomic mass is 9.88. The van der Waals surface area contributed by atoms with Gasteiger partial charge in [-0.3, -0.25) is 9.48 Å². The van der Waals surface area contributed by atoms with Crippen molar-refractivity contribution in [2.75, 3.05) is 25.5 Å². The molecule has 0 unspecified atom stereocenters. The fourth-order valence-electron chi connectivity index (χ4n) is 4.40. The number of hydrogen-bond donors (Lipinski definition) is 1. The molecule has 3 aromatic heterocycles. The van der Waals surface area contributed by atoms with Crippen LogP contribution in [0.3, 0.4) is 0 Å². The number of aromatic nitrogens is 4. The topological polar surface area (TPSA) is 85.2 Å². The third-order valence-electron chi connectivity index (χ3n) is 6.16. The highest BCUT2D eigenvalue weighted by Gasteiger charge is 2.47. The van der Waals surface area contributed by atoms with E-state index in [1.165, 1.54) is 11.8 Å². The molecule has 0 spiro atoms. The van der Waals surface area contributed by atoms with Gasteiger partial charge in [0.25, 0.3) is 11.8 Å². The highest BCUT2D eigenvalue weighted by atomic mass is 19.4. The molecule has 0 aliphatic carbocycles. The number of carbonyl (C=O) groups is 1. The van der Waals surface area contributed by atoms with Gasteiger partial charge in [-0.2, -0.15) is 18.3 Å². The summed E-state index contributed by atoms with van der Waals surface area (Å²) < 4.78 is 74.3. The average Bonchev–Trinajstić information content (AvgIpc) is 3.23. The summed E-state index contributed by atoms with van der Waals surface area (Å²) >= 11 is 0. The van der Waals surface area contributed by atoms with Crippen molar-refractivity contribution in [3.8, 4) is 17.1 Å². The lowest BCUT2D eigenvalue weighted by Crippen LogP contribution is -2.57. The van der Waals surface area contributed by atoms with Gasteiger partial charge in [0, 0.05) is 38.5 Å². The van der Waals surface area contributed by atoms with E-state index in [4.69, 9.17) is 4.74 Å². The number of rotatable bonds is 6. The molecular formula is C24H25F5N6O2. The number of pyridine rings is 2. The number of aryl methyl sites for hydroxylation is 1. The highest BCUT2D eigenvalue weighted by Crippen LogP contribution is 2.36. The van der Waals surface area contributed by atoms with Gasteiger partial charge in [0.1, 0.15) is 5.82 Å². The molecule has 1 aliphatic rings. The van der Waals surface area contributed by atoms with Gasteiger partial charge in [0.2, 0.25) is 5.88 Å². The molecule has 1 amide bonds. The Bertz CT molecular complexity index is 1260. The molecule has 13 heteroatoms. The maximum Gasteiger partial charge on any atom is 0.417 e. The van der Waals surface area contributed by atoms with Crippen LogP contribution in [0.4, 0.5) is 27.8 Å². The first kappa shape index (κ1) is 26.3. The van der Waals surface area contributed by atoms with E-state index in [9.17, 15) is 26.7 Å². The molecule has 3 aromatic rings. The zero-order valence-corrected chi connectivity index (χ0v) is 20.3. The van der Waals surface area contributed by atoms with E-state index in [0.717, 1.165) is 17.0 Å². The van der Waals surface area contributed by atoms with Crippen LogP contribution < -0.4 is 10.1 Å². The Labute approximate surface area is 209 Å². The van der Waals surface area contributed by atoms with Crippen LogP contribution in [0, 0.1) is 5.92 Å². The van der Waals surface area contributed by atoms with Crippen molar-refractivity contribution >= 4 is 11.7 Å². The molecule has 4 rings (SSSR count). The first-order chi connectivity index (χ1) is 17.4. The second kappa shape index (κ2) is 9.94. The molecule has 198 valence electrons. The number of methoxy groups -OCH3 is 1. The Morgan fingerprint density at radius 3 is 2.65 bits per heavy atom. The van der Waals surface area contributed by atoms with Crippen LogP contribution >= 0.6 is 0 Å². The van der Waals surface area contributed by atoms with Crippen molar-refractivity contribution in [3.63, 3.8) is 0 Å². The Hall–Kier alpha value is -3.77. The van der Waals surface area contributed by atoms with E-state index in [1.807, 2.05) is 0 Å². The van der Waals surface area contributed by atoms with Crippen LogP contribution in [0.25, 0.3) is 11.3 Å². The van der Waals surface area contributed by atoms with Gasteiger partial charge < -0.3 is 15.0 Å². The molecule has 1 aliphatic heterocycles. The van der Waals surface area contributed by atoms with Gasteiger partial charge in [0.15, 0.2) is 5.69 Å². The first-order valence-electron chi connectivity index (χ1n) is 11.4. The van der Waals surface area contributed by atoms with E-state index in [0.29, 0.717) is 23.3 Å². The fraction of sp³-hybridized carbons (Fsp3) is 0.417. The minimum atomic E-state index is -4.53. The molecule has 0 radical (unpaired) electrons. The van der Waals surface area contributed by atoms with E-state index < -0.39 is 48.5 Å². The van der Waals surface area contributed by atoms with Crippen molar-refractivity contribution in [3.05, 3.63) is 54.0 Å². The molecular weight excluding hydrogens is 499 g/mol. The fourth-order valence-corrected chi connectivity index (χ4v) is 4.40. The highest BCUT2D eigenvalue weighted by molar-refractivity contribution is 5.99. The van der Waals surface area contributed by atoms with Gasteiger partial charge in [-0.15, -0.1) is 0 Å². The summed E-state index contributed by atoms with van der Waals surface area (Å²) in [6, 6.07) is 6.29. The molecule has 0 bridgehead atoms. The molecule has 37 heavy (non-hydrogen) atoms. The molecule has 0 saturated carbocycles. The maximum atomic E-state index is 14.6. The summed E-state index contributed by atoms with van der Waals surface area (Å²) in [5.41, 5.74) is -0.222. The van der Waals surface area contributed by atoms with Crippen molar-refractivity contribution in [2.24, 2.45) is 13.0 Å². The third kappa shape index (κ3) is 5.81. The van der Waals surface area contributed by atoms with Crippen LogP contribution in [0.15, 0.2) is 42.7 Å². The van der Waals surface area contributed by atoms with Crippen LogP contribution in [-0.2, 0) is 13.2 Å². The summed E-state index contributed by atoms with van der Waals surface area (Å²) in [4.78, 5) is 22.8. The molecule has 2 atom stereocenters. The summed E-state index contributed by atoms with van der Waals surface area (Å²) in [5.74, 6) is -4.02. The van der Waals surface area contributed by atoms with E-state index in [1.54, 1.807) is 38.4 Å². The second-order valence-corrected chi connectivity index (χ2v) is 8.98. The maximum absolute atomic E-state index is 14.6. The molecule has 0 aromatic carbocycles. The third-order valence-corrected chi connectivity index (χ3v) is 6.16. The Kier molecular flexibility index (Phi) is 7.07. The van der Waals surface area contributed by atoms with Crippen molar-refractivity contribution in [2.45, 2.75) is 31.5 Å². The lowest BCUT2D eigenvalue weighted by molar-refractivity contribution is -0.137. The van der Waals surface area contributed by atoms with E-state index in [2.05, 4.69) is 20.4 Å². The average molecular weight is 524 g/mol. The molecule has 1 fully saturated rings. The van der Waals surface area contributed by atoms with Gasteiger partial charge in [0.05, 0.1) is 36.5 Å². The minimum Gasteiger partial charge on any atom is -0.481 e. The van der Waals surface area contributed by atoms with Crippen LogP contribution in [0.1, 0.15) is 29.4 Å². The number of nitrogens with zero attached hydrogens (tertiary/aromatic N) is 5. The number of carbonyl (C=O) groups excluding carboxylic acids is 1. The van der Waals surface area contributed by atoms with Crippen LogP contribution in [-0.4, -0.2) is 62.7 Å².